The minimum atomic E-state index is 0.566. The number of benzene rings is 7. The van der Waals surface area contributed by atoms with E-state index in [2.05, 4.69) is 137 Å². The van der Waals surface area contributed by atoms with Gasteiger partial charge in [-0.3, -0.25) is 4.57 Å². The lowest BCUT2D eigenvalue weighted by Crippen LogP contribution is -2.01. The van der Waals surface area contributed by atoms with Gasteiger partial charge < -0.3 is 9.13 Å². The molecule has 53 heavy (non-hydrogen) atoms. The fourth-order valence-electron chi connectivity index (χ4n) is 7.72. The van der Waals surface area contributed by atoms with Crippen LogP contribution in [0, 0.1) is 22.7 Å². The lowest BCUT2D eigenvalue weighted by molar-refractivity contribution is 1.07. The molecule has 0 fully saturated rings. The van der Waals surface area contributed by atoms with E-state index in [-0.39, 0.29) is 0 Å². The van der Waals surface area contributed by atoms with Crippen molar-refractivity contribution in [2.75, 3.05) is 0 Å². The highest BCUT2D eigenvalue weighted by Gasteiger charge is 2.23. The smallest absolute Gasteiger partial charge is 0.169 e. The van der Waals surface area contributed by atoms with E-state index in [1.165, 1.54) is 10.8 Å². The van der Waals surface area contributed by atoms with Crippen molar-refractivity contribution in [1.82, 2.24) is 23.9 Å². The summed E-state index contributed by atoms with van der Waals surface area (Å²) in [6, 6.07) is 59.9. The first-order valence-corrected chi connectivity index (χ1v) is 17.3. The predicted molar refractivity (Wildman–Crippen MR) is 210 cm³/mol. The Morgan fingerprint density at radius 3 is 1.51 bits per heavy atom. The lowest BCUT2D eigenvalue weighted by atomic mass is 10.1. The van der Waals surface area contributed by atoms with Gasteiger partial charge in [0.2, 0.25) is 0 Å². The molecule has 3 aromatic heterocycles. The maximum atomic E-state index is 9.54. The molecule has 0 aliphatic carbocycles. The molecule has 10 rings (SSSR count). The molecule has 0 radical (unpaired) electrons. The molecule has 0 saturated carbocycles. The van der Waals surface area contributed by atoms with Crippen LogP contribution in [0.1, 0.15) is 11.1 Å². The third-order valence-electron chi connectivity index (χ3n) is 10.1. The zero-order chi connectivity index (χ0) is 35.5. The number of hydrogen-bond acceptors (Lipinski definition) is 4. The van der Waals surface area contributed by atoms with Crippen molar-refractivity contribution in [3.8, 4) is 52.0 Å². The Kier molecular flexibility index (Phi) is 6.79. The molecule has 0 aliphatic rings. The lowest BCUT2D eigenvalue weighted by Gasteiger charge is -2.13. The number of aromatic nitrogens is 5. The van der Waals surface area contributed by atoms with Crippen molar-refractivity contribution in [3.05, 3.63) is 175 Å². The number of hydrogen-bond donors (Lipinski definition) is 0. The Hall–Kier alpha value is -7.74. The van der Waals surface area contributed by atoms with Crippen LogP contribution >= 0.6 is 0 Å². The number of fused-ring (bicyclic) bond motifs is 6. The molecule has 0 amide bonds. The molecule has 7 nitrogen and oxygen atoms in total. The zero-order valence-electron chi connectivity index (χ0n) is 28.2. The molecule has 0 saturated heterocycles. The topological polar surface area (TPSA) is 88.2 Å². The van der Waals surface area contributed by atoms with Crippen molar-refractivity contribution in [3.63, 3.8) is 0 Å². The first-order valence-electron chi connectivity index (χ1n) is 17.3. The molecule has 7 aromatic carbocycles. The second-order valence-corrected chi connectivity index (χ2v) is 13.0. The van der Waals surface area contributed by atoms with Gasteiger partial charge in [0.15, 0.2) is 11.6 Å². The van der Waals surface area contributed by atoms with E-state index in [1.54, 1.807) is 24.3 Å². The van der Waals surface area contributed by atoms with Crippen molar-refractivity contribution in [1.29, 1.82) is 10.5 Å². The molecule has 0 unspecified atom stereocenters. The molecular formula is C46H27N7. The molecule has 246 valence electrons. The monoisotopic (exact) mass is 677 g/mol. The number of rotatable bonds is 5. The highest BCUT2D eigenvalue weighted by Crippen LogP contribution is 2.40. The maximum Gasteiger partial charge on any atom is 0.169 e. The van der Waals surface area contributed by atoms with Gasteiger partial charge in [0.1, 0.15) is 0 Å². The van der Waals surface area contributed by atoms with Crippen LogP contribution in [0.5, 0.6) is 0 Å². The van der Waals surface area contributed by atoms with Gasteiger partial charge in [-0.15, -0.1) is 10.2 Å². The quantitative estimate of drug-likeness (QED) is 0.181. The molecule has 10 aromatic rings. The SMILES string of the molecule is N#Cc1ccc(-c2nnc(-c3cccc4c3c3ccccc3n4-c3cccc(-n4c5ccccc5c5ccccc54)c3)n2-c2ccc(C#N)cc2)cc1. The number of para-hydroxylation sites is 3. The summed E-state index contributed by atoms with van der Waals surface area (Å²) in [5, 5.41) is 33.1. The van der Waals surface area contributed by atoms with Gasteiger partial charge in [-0.25, -0.2) is 0 Å². The summed E-state index contributed by atoms with van der Waals surface area (Å²) >= 11 is 0. The summed E-state index contributed by atoms with van der Waals surface area (Å²) in [6.07, 6.45) is 0. The first kappa shape index (κ1) is 30.1. The maximum absolute atomic E-state index is 9.54. The van der Waals surface area contributed by atoms with Gasteiger partial charge in [-0.05, 0) is 91.0 Å². The zero-order valence-corrected chi connectivity index (χ0v) is 28.2. The van der Waals surface area contributed by atoms with E-state index >= 15 is 0 Å². The summed E-state index contributed by atoms with van der Waals surface area (Å²) in [5.74, 6) is 1.30. The second kappa shape index (κ2) is 11.9. The first-order chi connectivity index (χ1) is 26.2. The minimum Gasteiger partial charge on any atom is -0.309 e. The van der Waals surface area contributed by atoms with Gasteiger partial charge in [0.25, 0.3) is 0 Å². The summed E-state index contributed by atoms with van der Waals surface area (Å²) in [7, 11) is 0. The highest BCUT2D eigenvalue weighted by atomic mass is 15.3. The van der Waals surface area contributed by atoms with E-state index in [0.717, 1.165) is 61.0 Å². The van der Waals surface area contributed by atoms with Crippen molar-refractivity contribution in [2.45, 2.75) is 0 Å². The van der Waals surface area contributed by atoms with Crippen LogP contribution in [0.15, 0.2) is 164 Å². The standard InChI is InChI=1S/C46H27N7/c47-28-30-19-23-32(24-20-30)45-49-50-46(53(45)33-25-21-31(29-48)22-26-33)39-14-8-18-43-44(39)38-13-3-6-17-42(38)52(43)35-10-7-9-34(27-35)51-40-15-4-1-11-36(40)37-12-2-5-16-41(37)51/h1-27H. The van der Waals surface area contributed by atoms with Crippen molar-refractivity contribution < 1.29 is 0 Å². The Labute approximate surface area is 304 Å². The largest absolute Gasteiger partial charge is 0.309 e. The summed E-state index contributed by atoms with van der Waals surface area (Å²) < 4.78 is 6.71. The predicted octanol–water partition coefficient (Wildman–Crippen LogP) is 10.5. The molecular weight excluding hydrogens is 651 g/mol. The van der Waals surface area contributed by atoms with Gasteiger partial charge in [-0.1, -0.05) is 72.8 Å². The van der Waals surface area contributed by atoms with Crippen LogP contribution < -0.4 is 0 Å². The average Bonchev–Trinajstić information content (AvgIpc) is 3.92. The second-order valence-electron chi connectivity index (χ2n) is 13.0. The molecule has 0 atom stereocenters. The van der Waals surface area contributed by atoms with Crippen LogP contribution in [0.25, 0.3) is 83.4 Å². The Balaban J connectivity index is 1.21. The van der Waals surface area contributed by atoms with E-state index in [0.29, 0.717) is 22.8 Å². The van der Waals surface area contributed by atoms with E-state index in [4.69, 9.17) is 10.2 Å². The van der Waals surface area contributed by atoms with Gasteiger partial charge in [-0.2, -0.15) is 10.5 Å². The summed E-state index contributed by atoms with van der Waals surface area (Å²) in [5.41, 5.74) is 10.3. The Morgan fingerprint density at radius 1 is 0.396 bits per heavy atom. The third kappa shape index (κ3) is 4.66. The van der Waals surface area contributed by atoms with Crippen LogP contribution in [0.4, 0.5) is 0 Å². The molecule has 0 bridgehead atoms. The van der Waals surface area contributed by atoms with Gasteiger partial charge in [0, 0.05) is 49.7 Å². The molecule has 3 heterocycles. The number of nitriles is 2. The molecule has 0 N–H and O–H groups in total. The van der Waals surface area contributed by atoms with E-state index < -0.39 is 0 Å². The fourth-order valence-corrected chi connectivity index (χ4v) is 7.72. The molecule has 0 spiro atoms. The van der Waals surface area contributed by atoms with Crippen LogP contribution in [0.3, 0.4) is 0 Å². The van der Waals surface area contributed by atoms with E-state index in [1.807, 2.05) is 28.8 Å². The van der Waals surface area contributed by atoms with Crippen LogP contribution in [-0.2, 0) is 0 Å². The van der Waals surface area contributed by atoms with Crippen LogP contribution in [0.2, 0.25) is 0 Å². The Morgan fingerprint density at radius 2 is 0.887 bits per heavy atom. The molecule has 0 aliphatic heterocycles. The van der Waals surface area contributed by atoms with Crippen molar-refractivity contribution in [2.24, 2.45) is 0 Å². The van der Waals surface area contributed by atoms with Crippen molar-refractivity contribution >= 4 is 43.6 Å². The Bertz CT molecular complexity index is 3070. The van der Waals surface area contributed by atoms with Gasteiger partial charge >= 0.3 is 0 Å². The number of nitrogens with zero attached hydrogens (tertiary/aromatic N) is 7. The normalized spacial score (nSPS) is 11.4. The van der Waals surface area contributed by atoms with Gasteiger partial charge in [0.05, 0.1) is 45.3 Å². The summed E-state index contributed by atoms with van der Waals surface area (Å²) in [4.78, 5) is 0. The minimum absolute atomic E-state index is 0.566. The highest BCUT2D eigenvalue weighted by molar-refractivity contribution is 6.15. The van der Waals surface area contributed by atoms with Crippen LogP contribution in [-0.4, -0.2) is 23.9 Å². The van der Waals surface area contributed by atoms with E-state index in [9.17, 15) is 10.5 Å². The molecule has 7 heteroatoms. The average molecular weight is 678 g/mol. The third-order valence-corrected chi connectivity index (χ3v) is 10.1. The summed E-state index contributed by atoms with van der Waals surface area (Å²) in [6.45, 7) is 0. The fraction of sp³-hybridized carbons (Fsp3) is 0.